The molecule has 0 heterocycles. The second-order valence-corrected chi connectivity index (χ2v) is 21.0. The number of carbonyl (C=O) groups is 3. The molecule has 0 bridgehead atoms. The third kappa shape index (κ3) is 51.6. The fraction of sp³-hybridized carbons (Fsp3) is 0.949. The molecule has 0 rings (SSSR count). The second kappa shape index (κ2) is 51.8. The van der Waals surface area contributed by atoms with Crippen LogP contribution in [0.1, 0.15) is 330 Å². The number of hydrogen-bond acceptors (Lipinski definition) is 6. The number of hydrogen-bond donors (Lipinski definition) is 0. The Bertz CT molecular complexity index is 995. The molecular formula is C59H114O6. The van der Waals surface area contributed by atoms with Gasteiger partial charge in [-0.15, -0.1) is 0 Å². The zero-order valence-electron chi connectivity index (χ0n) is 44.6. The van der Waals surface area contributed by atoms with E-state index in [0.29, 0.717) is 19.3 Å². The van der Waals surface area contributed by atoms with E-state index in [1.165, 1.54) is 218 Å². The Morgan fingerprint density at radius 3 is 0.877 bits per heavy atom. The van der Waals surface area contributed by atoms with Crippen molar-refractivity contribution in [1.29, 1.82) is 0 Å². The van der Waals surface area contributed by atoms with Crippen LogP contribution in [0, 0.1) is 11.8 Å². The van der Waals surface area contributed by atoms with Gasteiger partial charge in [0.15, 0.2) is 6.10 Å². The Kier molecular flexibility index (Phi) is 50.5. The quantitative estimate of drug-likeness (QED) is 0.0344. The first kappa shape index (κ1) is 63.4. The highest BCUT2D eigenvalue weighted by molar-refractivity contribution is 5.71. The van der Waals surface area contributed by atoms with Gasteiger partial charge in [-0.25, -0.2) is 0 Å². The highest BCUT2D eigenvalue weighted by Crippen LogP contribution is 2.19. The Morgan fingerprint density at radius 1 is 0.323 bits per heavy atom. The lowest BCUT2D eigenvalue weighted by atomic mass is 9.99. The maximum Gasteiger partial charge on any atom is 0.306 e. The van der Waals surface area contributed by atoms with Crippen LogP contribution in [0.5, 0.6) is 0 Å². The van der Waals surface area contributed by atoms with Crippen molar-refractivity contribution in [2.75, 3.05) is 13.2 Å². The van der Waals surface area contributed by atoms with E-state index in [-0.39, 0.29) is 31.1 Å². The molecule has 2 atom stereocenters. The summed E-state index contributed by atoms with van der Waals surface area (Å²) in [6.45, 7) is 11.4. The number of esters is 3. The van der Waals surface area contributed by atoms with Crippen molar-refractivity contribution in [3.63, 3.8) is 0 Å². The summed E-state index contributed by atoms with van der Waals surface area (Å²) in [5, 5.41) is 0. The molecule has 386 valence electrons. The highest BCUT2D eigenvalue weighted by atomic mass is 16.6. The summed E-state index contributed by atoms with van der Waals surface area (Å²) in [5.41, 5.74) is 0. The van der Waals surface area contributed by atoms with E-state index in [1.54, 1.807) is 0 Å². The first-order valence-corrected chi connectivity index (χ1v) is 29.3. The van der Waals surface area contributed by atoms with E-state index in [2.05, 4.69) is 34.6 Å². The largest absolute Gasteiger partial charge is 0.462 e. The number of carbonyl (C=O) groups excluding carboxylic acids is 3. The monoisotopic (exact) mass is 919 g/mol. The molecule has 0 N–H and O–H groups in total. The van der Waals surface area contributed by atoms with Gasteiger partial charge in [-0.3, -0.25) is 14.4 Å². The molecular weight excluding hydrogens is 805 g/mol. The maximum absolute atomic E-state index is 12.8. The lowest BCUT2D eigenvalue weighted by molar-refractivity contribution is -0.167. The molecule has 0 aliphatic carbocycles. The van der Waals surface area contributed by atoms with Gasteiger partial charge in [0.1, 0.15) is 13.2 Å². The lowest BCUT2D eigenvalue weighted by Crippen LogP contribution is -2.30. The maximum atomic E-state index is 12.8. The summed E-state index contributed by atoms with van der Waals surface area (Å²) in [7, 11) is 0. The summed E-state index contributed by atoms with van der Waals surface area (Å²) in [5.74, 6) is 0.912. The molecule has 0 aromatic rings. The van der Waals surface area contributed by atoms with Crippen molar-refractivity contribution >= 4 is 17.9 Å². The summed E-state index contributed by atoms with van der Waals surface area (Å²) in [6, 6.07) is 0. The van der Waals surface area contributed by atoms with Crippen LogP contribution in [0.25, 0.3) is 0 Å². The minimum Gasteiger partial charge on any atom is -0.462 e. The van der Waals surface area contributed by atoms with E-state index >= 15 is 0 Å². The molecule has 0 fully saturated rings. The number of rotatable bonds is 53. The normalized spacial score (nSPS) is 12.5. The van der Waals surface area contributed by atoms with Crippen LogP contribution in [0.4, 0.5) is 0 Å². The first-order chi connectivity index (χ1) is 31.8. The molecule has 6 nitrogen and oxygen atoms in total. The summed E-state index contributed by atoms with van der Waals surface area (Å²) < 4.78 is 16.8. The van der Waals surface area contributed by atoms with Crippen molar-refractivity contribution in [2.24, 2.45) is 11.8 Å². The van der Waals surface area contributed by atoms with Crippen molar-refractivity contribution in [3.05, 3.63) is 0 Å². The molecule has 1 unspecified atom stereocenters. The van der Waals surface area contributed by atoms with E-state index in [9.17, 15) is 14.4 Å². The third-order valence-electron chi connectivity index (χ3n) is 13.8. The van der Waals surface area contributed by atoms with Crippen molar-refractivity contribution < 1.29 is 28.6 Å². The van der Waals surface area contributed by atoms with Gasteiger partial charge in [0.25, 0.3) is 0 Å². The Labute approximate surface area is 406 Å². The van der Waals surface area contributed by atoms with Gasteiger partial charge in [-0.1, -0.05) is 291 Å². The molecule has 0 aromatic carbocycles. The van der Waals surface area contributed by atoms with Crippen LogP contribution in [0.3, 0.4) is 0 Å². The van der Waals surface area contributed by atoms with Crippen LogP contribution in [-0.4, -0.2) is 37.2 Å². The van der Waals surface area contributed by atoms with Gasteiger partial charge < -0.3 is 14.2 Å². The molecule has 0 aliphatic heterocycles. The van der Waals surface area contributed by atoms with E-state index in [0.717, 1.165) is 69.6 Å². The highest BCUT2D eigenvalue weighted by Gasteiger charge is 2.19. The molecule has 0 amide bonds. The van der Waals surface area contributed by atoms with E-state index in [4.69, 9.17) is 14.2 Å². The van der Waals surface area contributed by atoms with Crippen molar-refractivity contribution in [3.8, 4) is 0 Å². The third-order valence-corrected chi connectivity index (χ3v) is 13.8. The van der Waals surface area contributed by atoms with Gasteiger partial charge in [0, 0.05) is 19.3 Å². The van der Waals surface area contributed by atoms with E-state index in [1.807, 2.05) is 0 Å². The second-order valence-electron chi connectivity index (χ2n) is 21.0. The average Bonchev–Trinajstić information content (AvgIpc) is 3.29. The zero-order valence-corrected chi connectivity index (χ0v) is 44.6. The Balaban J connectivity index is 4.11. The summed E-state index contributed by atoms with van der Waals surface area (Å²) >= 11 is 0. The average molecular weight is 920 g/mol. The van der Waals surface area contributed by atoms with Crippen molar-refractivity contribution in [1.82, 2.24) is 0 Å². The predicted molar refractivity (Wildman–Crippen MR) is 280 cm³/mol. The van der Waals surface area contributed by atoms with Crippen LogP contribution in [0.2, 0.25) is 0 Å². The molecule has 0 saturated carbocycles. The van der Waals surface area contributed by atoms with Crippen LogP contribution >= 0.6 is 0 Å². The van der Waals surface area contributed by atoms with Crippen LogP contribution < -0.4 is 0 Å². The van der Waals surface area contributed by atoms with Crippen molar-refractivity contribution in [2.45, 2.75) is 336 Å². The smallest absolute Gasteiger partial charge is 0.306 e. The number of ether oxygens (including phenoxy) is 3. The minimum absolute atomic E-state index is 0.0630. The molecule has 0 radical (unpaired) electrons. The van der Waals surface area contributed by atoms with Gasteiger partial charge in [0.2, 0.25) is 0 Å². The summed E-state index contributed by atoms with van der Waals surface area (Å²) in [4.78, 5) is 37.9. The van der Waals surface area contributed by atoms with Gasteiger partial charge in [-0.2, -0.15) is 0 Å². The fourth-order valence-corrected chi connectivity index (χ4v) is 9.02. The summed E-state index contributed by atoms with van der Waals surface area (Å²) in [6.07, 6.45) is 55.4. The van der Waals surface area contributed by atoms with Crippen LogP contribution in [0.15, 0.2) is 0 Å². The molecule has 0 saturated heterocycles. The predicted octanol–water partition coefficient (Wildman–Crippen LogP) is 19.3. The Morgan fingerprint density at radius 2 is 0.585 bits per heavy atom. The SMILES string of the molecule is CCCCCCCCCC(=O)OC[C@H](COC(=O)CCCCCCCCCCCCCCCCCCCCC(C)CC)OC(=O)CCCCCCCCCCCCCCCCCC(C)C. The first-order valence-electron chi connectivity index (χ1n) is 29.3. The molecule has 65 heavy (non-hydrogen) atoms. The fourth-order valence-electron chi connectivity index (χ4n) is 9.02. The topological polar surface area (TPSA) is 78.9 Å². The zero-order chi connectivity index (χ0) is 47.5. The van der Waals surface area contributed by atoms with E-state index < -0.39 is 6.10 Å². The lowest BCUT2D eigenvalue weighted by Gasteiger charge is -2.18. The van der Waals surface area contributed by atoms with Gasteiger partial charge in [-0.05, 0) is 31.1 Å². The molecule has 0 aromatic heterocycles. The standard InChI is InChI=1S/C59H114O6/c1-6-8-9-10-32-39-44-49-57(60)63-52-56(65-59(62)51-46-41-36-31-27-23-19-15-16-20-24-28-33-37-42-47-54(3)4)53-64-58(61)50-45-40-35-30-26-22-18-14-12-11-13-17-21-25-29-34-38-43-48-55(5)7-2/h54-56H,6-53H2,1-5H3/t55?,56-/m1/s1. The molecule has 0 aliphatic rings. The number of unbranched alkanes of at least 4 members (excludes halogenated alkanes) is 37. The van der Waals surface area contributed by atoms with Gasteiger partial charge >= 0.3 is 17.9 Å². The Hall–Kier alpha value is -1.59. The molecule has 6 heteroatoms. The van der Waals surface area contributed by atoms with Gasteiger partial charge in [0.05, 0.1) is 0 Å². The molecule has 0 spiro atoms. The van der Waals surface area contributed by atoms with Crippen LogP contribution in [-0.2, 0) is 28.6 Å². The minimum atomic E-state index is -0.761.